The van der Waals surface area contributed by atoms with Gasteiger partial charge in [-0.15, -0.1) is 0 Å². The molecule has 0 saturated heterocycles. The number of carbonyl (C=O) groups is 2. The van der Waals surface area contributed by atoms with Crippen molar-refractivity contribution in [1.82, 2.24) is 4.90 Å². The van der Waals surface area contributed by atoms with Crippen LogP contribution in [0.5, 0.6) is 5.75 Å². The van der Waals surface area contributed by atoms with Crippen molar-refractivity contribution in [2.24, 2.45) is 11.7 Å². The minimum Gasteiger partial charge on any atom is -0.496 e. The van der Waals surface area contributed by atoms with Crippen LogP contribution in [0.15, 0.2) is 30.4 Å². The summed E-state index contributed by atoms with van der Waals surface area (Å²) < 4.78 is 5.08. The molecule has 1 aromatic carbocycles. The Morgan fingerprint density at radius 3 is 2.73 bits per heavy atom. The van der Waals surface area contributed by atoms with Crippen molar-refractivity contribution in [3.63, 3.8) is 0 Å². The third-order valence-electron chi connectivity index (χ3n) is 3.66. The number of primary amides is 1. The number of rotatable bonds is 4. The van der Waals surface area contributed by atoms with Crippen molar-refractivity contribution in [2.75, 3.05) is 19.0 Å². The zero-order valence-electron chi connectivity index (χ0n) is 13.0. The van der Waals surface area contributed by atoms with E-state index in [1.165, 1.54) is 13.2 Å². The van der Waals surface area contributed by atoms with E-state index in [9.17, 15) is 9.59 Å². The standard InChI is InChI=1S/C16H21N3O3/c1-10(2)13-5-4-8-19(13)16(21)18-11-6-7-14(22-3)12(9-11)15(17)20/h4-7,9-10,13H,8H2,1-3H3,(H2,17,20)(H,18,21)/t13-/m1/s1. The Balaban J connectivity index is 2.15. The van der Waals surface area contributed by atoms with E-state index in [2.05, 4.69) is 19.2 Å². The van der Waals surface area contributed by atoms with E-state index in [0.717, 1.165) is 0 Å². The maximum absolute atomic E-state index is 12.4. The molecule has 0 spiro atoms. The van der Waals surface area contributed by atoms with Gasteiger partial charge in [0.25, 0.3) is 5.91 Å². The molecule has 1 aliphatic rings. The van der Waals surface area contributed by atoms with Gasteiger partial charge in [0.1, 0.15) is 5.75 Å². The molecular weight excluding hydrogens is 282 g/mol. The van der Waals surface area contributed by atoms with Gasteiger partial charge < -0.3 is 20.7 Å². The molecule has 2 rings (SSSR count). The van der Waals surface area contributed by atoms with Crippen molar-refractivity contribution in [3.8, 4) is 5.75 Å². The third kappa shape index (κ3) is 3.21. The molecule has 6 heteroatoms. The normalized spacial score (nSPS) is 16.9. The highest BCUT2D eigenvalue weighted by Crippen LogP contribution is 2.24. The third-order valence-corrected chi connectivity index (χ3v) is 3.66. The summed E-state index contributed by atoms with van der Waals surface area (Å²) in [5.41, 5.74) is 6.07. The Labute approximate surface area is 129 Å². The molecule has 3 N–H and O–H groups in total. The number of amides is 3. The van der Waals surface area contributed by atoms with Crippen LogP contribution in [-0.4, -0.2) is 36.5 Å². The van der Waals surface area contributed by atoms with Gasteiger partial charge in [0.2, 0.25) is 0 Å². The molecule has 0 bridgehead atoms. The molecule has 6 nitrogen and oxygen atoms in total. The van der Waals surface area contributed by atoms with E-state index >= 15 is 0 Å². The zero-order valence-corrected chi connectivity index (χ0v) is 13.0. The first-order valence-corrected chi connectivity index (χ1v) is 7.16. The second kappa shape index (κ2) is 6.51. The van der Waals surface area contributed by atoms with Gasteiger partial charge in [0.05, 0.1) is 18.7 Å². The van der Waals surface area contributed by atoms with Crippen molar-refractivity contribution >= 4 is 17.6 Å². The molecule has 3 amide bonds. The van der Waals surface area contributed by atoms with Crippen LogP contribution in [0.1, 0.15) is 24.2 Å². The number of hydrogen-bond donors (Lipinski definition) is 2. The van der Waals surface area contributed by atoms with Crippen LogP contribution in [0.25, 0.3) is 0 Å². The van der Waals surface area contributed by atoms with Gasteiger partial charge in [0, 0.05) is 12.2 Å². The molecule has 118 valence electrons. The summed E-state index contributed by atoms with van der Waals surface area (Å²) >= 11 is 0. The Hall–Kier alpha value is -2.50. The van der Waals surface area contributed by atoms with Crippen LogP contribution in [0, 0.1) is 5.92 Å². The molecule has 0 radical (unpaired) electrons. The fraction of sp³-hybridized carbons (Fsp3) is 0.375. The maximum atomic E-state index is 12.4. The van der Waals surface area contributed by atoms with Crippen LogP contribution in [-0.2, 0) is 0 Å². The molecule has 1 aliphatic heterocycles. The van der Waals surface area contributed by atoms with E-state index in [1.54, 1.807) is 17.0 Å². The second-order valence-corrected chi connectivity index (χ2v) is 5.52. The van der Waals surface area contributed by atoms with E-state index < -0.39 is 5.91 Å². The Bertz CT molecular complexity index is 611. The van der Waals surface area contributed by atoms with Crippen LogP contribution in [0.2, 0.25) is 0 Å². The first kappa shape index (κ1) is 15.9. The highest BCUT2D eigenvalue weighted by atomic mass is 16.5. The summed E-state index contributed by atoms with van der Waals surface area (Å²) in [6, 6.07) is 4.68. The van der Waals surface area contributed by atoms with Crippen molar-refractivity contribution in [1.29, 1.82) is 0 Å². The predicted molar refractivity (Wildman–Crippen MR) is 85.0 cm³/mol. The number of carbonyl (C=O) groups excluding carboxylic acids is 2. The fourth-order valence-corrected chi connectivity index (χ4v) is 2.51. The number of nitrogens with one attached hydrogen (secondary N) is 1. The molecule has 0 saturated carbocycles. The first-order chi connectivity index (χ1) is 10.4. The SMILES string of the molecule is COc1ccc(NC(=O)N2CC=C[C@@H]2C(C)C)cc1C(N)=O. The smallest absolute Gasteiger partial charge is 0.322 e. The Kier molecular flexibility index (Phi) is 4.70. The molecular formula is C16H21N3O3. The second-order valence-electron chi connectivity index (χ2n) is 5.52. The minimum absolute atomic E-state index is 0.0776. The summed E-state index contributed by atoms with van der Waals surface area (Å²) in [5.74, 6) is 0.116. The summed E-state index contributed by atoms with van der Waals surface area (Å²) in [6.45, 7) is 4.71. The number of urea groups is 1. The number of methoxy groups -OCH3 is 1. The minimum atomic E-state index is -0.601. The summed E-state index contributed by atoms with van der Waals surface area (Å²) in [7, 11) is 1.46. The highest BCUT2D eigenvalue weighted by Gasteiger charge is 2.27. The van der Waals surface area contributed by atoms with Crippen molar-refractivity contribution < 1.29 is 14.3 Å². The van der Waals surface area contributed by atoms with E-state index in [1.807, 2.05) is 12.2 Å². The molecule has 0 unspecified atom stereocenters. The summed E-state index contributed by atoms with van der Waals surface area (Å²) in [6.07, 6.45) is 4.01. The lowest BCUT2D eigenvalue weighted by atomic mass is 10.1. The van der Waals surface area contributed by atoms with E-state index in [-0.39, 0.29) is 17.6 Å². The van der Waals surface area contributed by atoms with Crippen LogP contribution >= 0.6 is 0 Å². The fourth-order valence-electron chi connectivity index (χ4n) is 2.51. The monoisotopic (exact) mass is 303 g/mol. The van der Waals surface area contributed by atoms with Gasteiger partial charge in [-0.3, -0.25) is 4.79 Å². The molecule has 22 heavy (non-hydrogen) atoms. The van der Waals surface area contributed by atoms with Crippen LogP contribution in [0.3, 0.4) is 0 Å². The lowest BCUT2D eigenvalue weighted by molar-refractivity contribution is 0.0997. The average Bonchev–Trinajstić information content (AvgIpc) is 2.96. The maximum Gasteiger partial charge on any atom is 0.322 e. The summed E-state index contributed by atoms with van der Waals surface area (Å²) in [4.78, 5) is 25.6. The first-order valence-electron chi connectivity index (χ1n) is 7.16. The van der Waals surface area contributed by atoms with Gasteiger partial charge in [-0.25, -0.2) is 4.79 Å². The number of ether oxygens (including phenoxy) is 1. The zero-order chi connectivity index (χ0) is 16.3. The predicted octanol–water partition coefficient (Wildman–Crippen LogP) is 2.22. The number of anilines is 1. The Morgan fingerprint density at radius 2 is 2.14 bits per heavy atom. The molecule has 0 aliphatic carbocycles. The Morgan fingerprint density at radius 1 is 1.41 bits per heavy atom. The lowest BCUT2D eigenvalue weighted by Crippen LogP contribution is -2.41. The number of nitrogens with zero attached hydrogens (tertiary/aromatic N) is 1. The number of hydrogen-bond acceptors (Lipinski definition) is 3. The highest BCUT2D eigenvalue weighted by molar-refractivity contribution is 5.98. The number of nitrogens with two attached hydrogens (primary N) is 1. The van der Waals surface area contributed by atoms with E-state index in [4.69, 9.17) is 10.5 Å². The van der Waals surface area contributed by atoms with Crippen LogP contribution in [0.4, 0.5) is 10.5 Å². The molecule has 1 heterocycles. The summed E-state index contributed by atoms with van der Waals surface area (Å²) in [5, 5.41) is 2.80. The average molecular weight is 303 g/mol. The number of benzene rings is 1. The largest absolute Gasteiger partial charge is 0.496 e. The molecule has 0 aromatic heterocycles. The van der Waals surface area contributed by atoms with Gasteiger partial charge in [0.15, 0.2) is 0 Å². The van der Waals surface area contributed by atoms with Crippen molar-refractivity contribution in [3.05, 3.63) is 35.9 Å². The van der Waals surface area contributed by atoms with Gasteiger partial charge in [-0.1, -0.05) is 26.0 Å². The van der Waals surface area contributed by atoms with Crippen molar-refractivity contribution in [2.45, 2.75) is 19.9 Å². The lowest BCUT2D eigenvalue weighted by Gasteiger charge is -2.27. The van der Waals surface area contributed by atoms with E-state index in [0.29, 0.717) is 23.9 Å². The molecule has 1 atom stereocenters. The quantitative estimate of drug-likeness (QED) is 0.836. The van der Waals surface area contributed by atoms with Gasteiger partial charge in [-0.2, -0.15) is 0 Å². The molecule has 1 aromatic rings. The van der Waals surface area contributed by atoms with Gasteiger partial charge >= 0.3 is 6.03 Å². The van der Waals surface area contributed by atoms with Crippen LogP contribution < -0.4 is 15.8 Å². The van der Waals surface area contributed by atoms with Gasteiger partial charge in [-0.05, 0) is 24.1 Å². The molecule has 0 fully saturated rings. The topological polar surface area (TPSA) is 84.7 Å².